The maximum atomic E-state index is 9.83. The first-order valence-corrected chi connectivity index (χ1v) is 6.37. The van der Waals surface area contributed by atoms with Crippen LogP contribution in [0, 0.1) is 6.92 Å². The van der Waals surface area contributed by atoms with E-state index in [1.807, 2.05) is 19.1 Å². The number of rotatable bonds is 1. The van der Waals surface area contributed by atoms with Crippen LogP contribution in [0.4, 0.5) is 5.69 Å². The minimum absolute atomic E-state index is 0.333. The number of β-amino-alcohol motifs (C(OH)–C–C–N with tert-alkyl or cyclic N) is 1. The first-order valence-electron chi connectivity index (χ1n) is 5.99. The van der Waals surface area contributed by atoms with Crippen LogP contribution < -0.4 is 10.2 Å². The zero-order chi connectivity index (χ0) is 12.4. The highest BCUT2D eigenvalue weighted by atomic mass is 35.5. The Morgan fingerprint density at radius 2 is 2.18 bits per heavy atom. The van der Waals surface area contributed by atoms with Crippen molar-refractivity contribution in [2.24, 2.45) is 0 Å². The molecule has 0 radical (unpaired) electrons. The van der Waals surface area contributed by atoms with Gasteiger partial charge in [0.1, 0.15) is 0 Å². The molecule has 1 aliphatic heterocycles. The molecule has 2 unspecified atom stereocenters. The van der Waals surface area contributed by atoms with Gasteiger partial charge in [0.25, 0.3) is 0 Å². The van der Waals surface area contributed by atoms with E-state index in [0.29, 0.717) is 19.1 Å². The number of hydrogen-bond acceptors (Lipinski definition) is 3. The van der Waals surface area contributed by atoms with Crippen molar-refractivity contribution in [3.05, 3.63) is 28.8 Å². The topological polar surface area (TPSA) is 35.5 Å². The minimum atomic E-state index is -0.333. The van der Waals surface area contributed by atoms with Gasteiger partial charge in [-0.15, -0.1) is 0 Å². The van der Waals surface area contributed by atoms with E-state index in [1.165, 1.54) is 0 Å². The summed E-state index contributed by atoms with van der Waals surface area (Å²) >= 11 is 6.15. The number of aliphatic hydroxyl groups excluding tert-OH is 1. The lowest BCUT2D eigenvalue weighted by molar-refractivity contribution is 0.184. The number of aryl methyl sites for hydroxylation is 1. The van der Waals surface area contributed by atoms with Gasteiger partial charge in [0.05, 0.1) is 6.10 Å². The third kappa shape index (κ3) is 2.92. The van der Waals surface area contributed by atoms with Crippen LogP contribution >= 0.6 is 11.6 Å². The molecule has 94 valence electrons. The van der Waals surface area contributed by atoms with E-state index in [-0.39, 0.29) is 6.10 Å². The molecular formula is C13H19ClN2O. The number of benzene rings is 1. The fraction of sp³-hybridized carbons (Fsp3) is 0.538. The summed E-state index contributed by atoms with van der Waals surface area (Å²) in [4.78, 5) is 2.20. The molecule has 1 aromatic carbocycles. The SMILES string of the molecule is Cc1ccc(N2CC(O)CNCC2C)cc1Cl. The highest BCUT2D eigenvalue weighted by molar-refractivity contribution is 6.31. The molecule has 0 spiro atoms. The van der Waals surface area contributed by atoms with Crippen molar-refractivity contribution in [2.75, 3.05) is 24.5 Å². The quantitative estimate of drug-likeness (QED) is 0.802. The number of anilines is 1. The summed E-state index contributed by atoms with van der Waals surface area (Å²) in [6.45, 7) is 6.32. The molecule has 0 bridgehead atoms. The Labute approximate surface area is 107 Å². The number of hydrogen-bond donors (Lipinski definition) is 2. The first kappa shape index (κ1) is 12.7. The zero-order valence-corrected chi connectivity index (χ0v) is 11.0. The molecule has 0 amide bonds. The molecule has 1 fully saturated rings. The Balaban J connectivity index is 2.26. The maximum Gasteiger partial charge on any atom is 0.0839 e. The number of nitrogens with one attached hydrogen (secondary N) is 1. The van der Waals surface area contributed by atoms with E-state index < -0.39 is 0 Å². The van der Waals surface area contributed by atoms with Crippen LogP contribution in [-0.2, 0) is 0 Å². The van der Waals surface area contributed by atoms with Crippen LogP contribution in [-0.4, -0.2) is 36.9 Å². The Bertz CT molecular complexity index is 397. The van der Waals surface area contributed by atoms with Gasteiger partial charge < -0.3 is 15.3 Å². The molecule has 3 nitrogen and oxygen atoms in total. The highest BCUT2D eigenvalue weighted by Gasteiger charge is 2.22. The summed E-state index contributed by atoms with van der Waals surface area (Å²) < 4.78 is 0. The first-order chi connectivity index (χ1) is 8.08. The average Bonchev–Trinajstić information content (AvgIpc) is 2.45. The second-order valence-electron chi connectivity index (χ2n) is 4.75. The molecule has 1 heterocycles. The van der Waals surface area contributed by atoms with Gasteiger partial charge in [-0.1, -0.05) is 17.7 Å². The van der Waals surface area contributed by atoms with Crippen LogP contribution in [0.15, 0.2) is 18.2 Å². The van der Waals surface area contributed by atoms with E-state index in [2.05, 4.69) is 23.2 Å². The van der Waals surface area contributed by atoms with Gasteiger partial charge in [-0.2, -0.15) is 0 Å². The van der Waals surface area contributed by atoms with Crippen LogP contribution in [0.5, 0.6) is 0 Å². The Morgan fingerprint density at radius 3 is 2.88 bits per heavy atom. The molecule has 2 N–H and O–H groups in total. The molecule has 1 aliphatic rings. The van der Waals surface area contributed by atoms with Crippen molar-refractivity contribution >= 4 is 17.3 Å². The van der Waals surface area contributed by atoms with Gasteiger partial charge in [-0.3, -0.25) is 0 Å². The Morgan fingerprint density at radius 1 is 1.41 bits per heavy atom. The van der Waals surface area contributed by atoms with E-state index in [0.717, 1.165) is 22.8 Å². The van der Waals surface area contributed by atoms with E-state index in [4.69, 9.17) is 11.6 Å². The normalized spacial score (nSPS) is 25.8. The number of halogens is 1. The van der Waals surface area contributed by atoms with E-state index >= 15 is 0 Å². The van der Waals surface area contributed by atoms with Crippen molar-refractivity contribution in [1.29, 1.82) is 0 Å². The summed E-state index contributed by atoms with van der Waals surface area (Å²) in [6.07, 6.45) is -0.333. The predicted molar refractivity (Wildman–Crippen MR) is 71.9 cm³/mol. The molecule has 4 heteroatoms. The molecule has 2 rings (SSSR count). The molecule has 0 saturated carbocycles. The number of aliphatic hydroxyl groups is 1. The minimum Gasteiger partial charge on any atom is -0.390 e. The Hall–Kier alpha value is -0.770. The summed E-state index contributed by atoms with van der Waals surface area (Å²) in [5.41, 5.74) is 2.16. The molecule has 0 aliphatic carbocycles. The molecule has 1 aromatic rings. The standard InChI is InChI=1S/C13H19ClN2O/c1-9-3-4-11(5-13(9)14)16-8-12(17)7-15-6-10(16)2/h3-5,10,12,15,17H,6-8H2,1-2H3. The second kappa shape index (κ2) is 5.25. The lowest BCUT2D eigenvalue weighted by Crippen LogP contribution is -2.39. The highest BCUT2D eigenvalue weighted by Crippen LogP contribution is 2.25. The molecule has 1 saturated heterocycles. The maximum absolute atomic E-state index is 9.83. The number of nitrogens with zero attached hydrogens (tertiary/aromatic N) is 1. The van der Waals surface area contributed by atoms with E-state index in [9.17, 15) is 5.11 Å². The average molecular weight is 255 g/mol. The lowest BCUT2D eigenvalue weighted by Gasteiger charge is -2.30. The van der Waals surface area contributed by atoms with Crippen LogP contribution in [0.25, 0.3) is 0 Å². The van der Waals surface area contributed by atoms with Gasteiger partial charge in [0.15, 0.2) is 0 Å². The van der Waals surface area contributed by atoms with Crippen molar-refractivity contribution in [2.45, 2.75) is 26.0 Å². The van der Waals surface area contributed by atoms with Crippen LogP contribution in [0.2, 0.25) is 5.02 Å². The van der Waals surface area contributed by atoms with Crippen molar-refractivity contribution in [1.82, 2.24) is 5.32 Å². The Kier molecular flexibility index (Phi) is 3.92. The summed E-state index contributed by atoms with van der Waals surface area (Å²) in [7, 11) is 0. The smallest absolute Gasteiger partial charge is 0.0839 e. The second-order valence-corrected chi connectivity index (χ2v) is 5.15. The molecular weight excluding hydrogens is 236 g/mol. The fourth-order valence-electron chi connectivity index (χ4n) is 2.16. The molecule has 17 heavy (non-hydrogen) atoms. The molecule has 2 atom stereocenters. The molecule has 0 aromatic heterocycles. The largest absolute Gasteiger partial charge is 0.390 e. The van der Waals surface area contributed by atoms with Crippen molar-refractivity contribution in [3.63, 3.8) is 0 Å². The van der Waals surface area contributed by atoms with Gasteiger partial charge in [-0.05, 0) is 31.5 Å². The third-order valence-electron chi connectivity index (χ3n) is 3.25. The summed E-state index contributed by atoms with van der Waals surface area (Å²) in [6, 6.07) is 6.42. The van der Waals surface area contributed by atoms with Crippen molar-refractivity contribution in [3.8, 4) is 0 Å². The lowest BCUT2D eigenvalue weighted by atomic mass is 10.1. The summed E-state index contributed by atoms with van der Waals surface area (Å²) in [5.74, 6) is 0. The van der Waals surface area contributed by atoms with Crippen LogP contribution in [0.1, 0.15) is 12.5 Å². The predicted octanol–water partition coefficient (Wildman–Crippen LogP) is 1.81. The zero-order valence-electron chi connectivity index (χ0n) is 10.3. The van der Waals surface area contributed by atoms with Gasteiger partial charge in [0.2, 0.25) is 0 Å². The monoisotopic (exact) mass is 254 g/mol. The van der Waals surface area contributed by atoms with Gasteiger partial charge in [0, 0.05) is 36.4 Å². The van der Waals surface area contributed by atoms with Gasteiger partial charge in [-0.25, -0.2) is 0 Å². The van der Waals surface area contributed by atoms with Crippen molar-refractivity contribution < 1.29 is 5.11 Å². The van der Waals surface area contributed by atoms with Crippen LogP contribution in [0.3, 0.4) is 0 Å². The fourth-order valence-corrected chi connectivity index (χ4v) is 2.34. The summed E-state index contributed by atoms with van der Waals surface area (Å²) in [5, 5.41) is 13.9. The van der Waals surface area contributed by atoms with E-state index in [1.54, 1.807) is 0 Å². The van der Waals surface area contributed by atoms with Gasteiger partial charge >= 0.3 is 0 Å². The third-order valence-corrected chi connectivity index (χ3v) is 3.65.